The first kappa shape index (κ1) is 19.6. The van der Waals surface area contributed by atoms with Gasteiger partial charge >= 0.3 is 5.97 Å². The molecule has 3 aliphatic carbocycles. The first-order valence-electron chi connectivity index (χ1n) is 11.6. The molecule has 2 nitrogen and oxygen atoms in total. The Bertz CT molecular complexity index is 989. The molecule has 2 fully saturated rings. The summed E-state index contributed by atoms with van der Waals surface area (Å²) >= 11 is 0. The molecule has 5 rings (SSSR count). The van der Waals surface area contributed by atoms with Gasteiger partial charge in [-0.25, -0.2) is 0 Å². The Morgan fingerprint density at radius 3 is 2.57 bits per heavy atom. The molecular formula is C28H32O2. The number of rotatable bonds is 4. The van der Waals surface area contributed by atoms with Crippen LogP contribution < -0.4 is 0 Å². The van der Waals surface area contributed by atoms with Gasteiger partial charge in [-0.1, -0.05) is 68.0 Å². The minimum atomic E-state index is -0.0218. The second kappa shape index (κ2) is 7.72. The fourth-order valence-corrected chi connectivity index (χ4v) is 5.70. The third-order valence-corrected chi connectivity index (χ3v) is 7.65. The molecule has 0 saturated heterocycles. The van der Waals surface area contributed by atoms with E-state index in [9.17, 15) is 4.79 Å². The summed E-state index contributed by atoms with van der Waals surface area (Å²) in [5.41, 5.74) is 8.18. The first-order chi connectivity index (χ1) is 14.6. The van der Waals surface area contributed by atoms with E-state index in [4.69, 9.17) is 4.74 Å². The summed E-state index contributed by atoms with van der Waals surface area (Å²) in [6, 6.07) is 15.2. The number of esters is 1. The molecule has 0 spiro atoms. The van der Waals surface area contributed by atoms with Crippen molar-refractivity contribution in [3.8, 4) is 11.1 Å². The first-order valence-corrected chi connectivity index (χ1v) is 11.6. The Hall–Kier alpha value is -2.35. The number of hydrogen-bond donors (Lipinski definition) is 0. The maximum Gasteiger partial charge on any atom is 0.310 e. The molecule has 2 atom stereocenters. The van der Waals surface area contributed by atoms with Gasteiger partial charge in [0.25, 0.3) is 0 Å². The molecule has 2 aromatic rings. The number of hydrogen-bond acceptors (Lipinski definition) is 2. The highest BCUT2D eigenvalue weighted by Gasteiger charge is 2.61. The number of aryl methyl sites for hydroxylation is 1. The summed E-state index contributed by atoms with van der Waals surface area (Å²) in [5.74, 6) is 0.331. The highest BCUT2D eigenvalue weighted by molar-refractivity contribution is 5.78. The third-order valence-electron chi connectivity index (χ3n) is 7.65. The lowest BCUT2D eigenvalue weighted by atomic mass is 9.93. The number of fused-ring (bicyclic) bond motifs is 3. The predicted molar refractivity (Wildman–Crippen MR) is 121 cm³/mol. The van der Waals surface area contributed by atoms with Crippen molar-refractivity contribution in [1.82, 2.24) is 0 Å². The van der Waals surface area contributed by atoms with E-state index in [1.807, 2.05) is 0 Å². The van der Waals surface area contributed by atoms with Crippen LogP contribution in [0, 0.1) is 17.3 Å². The molecule has 2 unspecified atom stereocenters. The highest BCUT2D eigenvalue weighted by Crippen LogP contribution is 2.60. The second-order valence-electron chi connectivity index (χ2n) is 9.92. The van der Waals surface area contributed by atoms with Gasteiger partial charge < -0.3 is 4.74 Å². The Balaban J connectivity index is 1.32. The van der Waals surface area contributed by atoms with Gasteiger partial charge in [0.05, 0.1) is 5.92 Å². The van der Waals surface area contributed by atoms with Crippen LogP contribution in [0.1, 0.15) is 62.6 Å². The summed E-state index contributed by atoms with van der Waals surface area (Å²) in [5, 5.41) is 0. The van der Waals surface area contributed by atoms with Gasteiger partial charge in [0.15, 0.2) is 0 Å². The standard InChI is InChI=1S/C28H32O2/c1-28(2)25(17-19-9-3-4-10-19)26(28)27(29)30-18-21-13-8-16-24-22-14-6-5-11-20(22)12-7-15-23(21)24/h5-6,8,11,13-14,16-17,25-26H,3-4,7,9-10,12,15,18H2,1-2H3. The monoisotopic (exact) mass is 400 g/mol. The zero-order chi connectivity index (χ0) is 20.7. The largest absolute Gasteiger partial charge is 0.461 e. The normalized spacial score (nSPS) is 23.9. The van der Waals surface area contributed by atoms with E-state index in [0.29, 0.717) is 12.5 Å². The Morgan fingerprint density at radius 1 is 0.967 bits per heavy atom. The molecule has 2 aromatic carbocycles. The van der Waals surface area contributed by atoms with Crippen LogP contribution in [0.4, 0.5) is 0 Å². The van der Waals surface area contributed by atoms with E-state index < -0.39 is 0 Å². The van der Waals surface area contributed by atoms with Gasteiger partial charge in [0.1, 0.15) is 6.61 Å². The molecule has 0 amide bonds. The van der Waals surface area contributed by atoms with E-state index >= 15 is 0 Å². The number of carbonyl (C=O) groups excluding carboxylic acids is 1. The zero-order valence-electron chi connectivity index (χ0n) is 18.2. The summed E-state index contributed by atoms with van der Waals surface area (Å²) < 4.78 is 5.91. The van der Waals surface area contributed by atoms with E-state index in [-0.39, 0.29) is 17.3 Å². The van der Waals surface area contributed by atoms with Crippen molar-refractivity contribution in [2.45, 2.75) is 65.4 Å². The van der Waals surface area contributed by atoms with Crippen molar-refractivity contribution in [3.05, 3.63) is 70.8 Å². The molecule has 30 heavy (non-hydrogen) atoms. The van der Waals surface area contributed by atoms with Crippen molar-refractivity contribution < 1.29 is 9.53 Å². The SMILES string of the molecule is CC1(C)C(C=C2CCCC2)C1C(=O)OCc1cccc2c1CCCc1ccccc1-2. The zero-order valence-corrected chi connectivity index (χ0v) is 18.2. The summed E-state index contributed by atoms with van der Waals surface area (Å²) in [6.07, 6.45) is 10.7. The topological polar surface area (TPSA) is 26.3 Å². The molecular weight excluding hydrogens is 368 g/mol. The van der Waals surface area contributed by atoms with E-state index in [0.717, 1.165) is 19.3 Å². The van der Waals surface area contributed by atoms with Crippen LogP contribution in [0.3, 0.4) is 0 Å². The number of ether oxygens (including phenoxy) is 1. The summed E-state index contributed by atoms with van der Waals surface area (Å²) in [4.78, 5) is 13.0. The van der Waals surface area contributed by atoms with E-state index in [2.05, 4.69) is 62.4 Å². The number of benzene rings is 2. The molecule has 0 aromatic heterocycles. The number of allylic oxidation sites excluding steroid dienone is 2. The van der Waals surface area contributed by atoms with Crippen molar-refractivity contribution in [2.24, 2.45) is 17.3 Å². The molecule has 2 heteroatoms. The lowest BCUT2D eigenvalue weighted by molar-refractivity contribution is -0.147. The minimum Gasteiger partial charge on any atom is -0.461 e. The quantitative estimate of drug-likeness (QED) is 0.424. The lowest BCUT2D eigenvalue weighted by Gasteiger charge is -2.14. The van der Waals surface area contributed by atoms with Gasteiger partial charge in [-0.15, -0.1) is 0 Å². The second-order valence-corrected chi connectivity index (χ2v) is 9.92. The lowest BCUT2D eigenvalue weighted by Crippen LogP contribution is -2.11. The van der Waals surface area contributed by atoms with E-state index in [1.54, 1.807) is 5.57 Å². The summed E-state index contributed by atoms with van der Waals surface area (Å²) in [7, 11) is 0. The van der Waals surface area contributed by atoms with Crippen LogP contribution >= 0.6 is 0 Å². The van der Waals surface area contributed by atoms with Crippen LogP contribution in [-0.2, 0) is 29.0 Å². The van der Waals surface area contributed by atoms with Crippen molar-refractivity contribution in [1.29, 1.82) is 0 Å². The maximum atomic E-state index is 13.0. The van der Waals surface area contributed by atoms with Gasteiger partial charge in [-0.05, 0) is 84.1 Å². The fraction of sp³-hybridized carbons (Fsp3) is 0.464. The van der Waals surface area contributed by atoms with Crippen molar-refractivity contribution >= 4 is 5.97 Å². The van der Waals surface area contributed by atoms with Crippen LogP contribution in [-0.4, -0.2) is 5.97 Å². The van der Waals surface area contributed by atoms with Gasteiger partial charge in [0, 0.05) is 0 Å². The van der Waals surface area contributed by atoms with Gasteiger partial charge in [-0.3, -0.25) is 4.79 Å². The molecule has 2 saturated carbocycles. The average molecular weight is 401 g/mol. The molecule has 0 radical (unpaired) electrons. The number of carbonyl (C=O) groups is 1. The Labute approximate surface area is 180 Å². The smallest absolute Gasteiger partial charge is 0.310 e. The minimum absolute atomic E-state index is 0.00800. The fourth-order valence-electron chi connectivity index (χ4n) is 5.70. The van der Waals surface area contributed by atoms with Crippen molar-refractivity contribution in [2.75, 3.05) is 0 Å². The maximum absolute atomic E-state index is 13.0. The molecule has 156 valence electrons. The summed E-state index contributed by atoms with van der Waals surface area (Å²) in [6.45, 7) is 4.81. The molecule has 3 aliphatic rings. The predicted octanol–water partition coefficient (Wildman–Crippen LogP) is 6.66. The molecule has 0 N–H and O–H groups in total. The van der Waals surface area contributed by atoms with Crippen molar-refractivity contribution in [3.63, 3.8) is 0 Å². The van der Waals surface area contributed by atoms with Crippen LogP contribution in [0.15, 0.2) is 54.1 Å². The Morgan fingerprint density at radius 2 is 1.73 bits per heavy atom. The molecule has 0 bridgehead atoms. The van der Waals surface area contributed by atoms with Gasteiger partial charge in [-0.2, -0.15) is 0 Å². The van der Waals surface area contributed by atoms with Crippen LogP contribution in [0.25, 0.3) is 11.1 Å². The van der Waals surface area contributed by atoms with Crippen LogP contribution in [0.2, 0.25) is 0 Å². The van der Waals surface area contributed by atoms with E-state index in [1.165, 1.54) is 53.5 Å². The van der Waals surface area contributed by atoms with Crippen LogP contribution in [0.5, 0.6) is 0 Å². The average Bonchev–Trinajstić information content (AvgIpc) is 3.04. The van der Waals surface area contributed by atoms with Gasteiger partial charge in [0.2, 0.25) is 0 Å². The Kier molecular flexibility index (Phi) is 5.05. The highest BCUT2D eigenvalue weighted by atomic mass is 16.5. The third kappa shape index (κ3) is 3.51. The molecule has 0 aliphatic heterocycles. The molecule has 0 heterocycles.